The van der Waals surface area contributed by atoms with Crippen molar-refractivity contribution in [3.8, 4) is 0 Å². The second kappa shape index (κ2) is 7.77. The fourth-order valence-corrected chi connectivity index (χ4v) is 2.23. The number of nitrogens with two attached hydrogens (primary N) is 1. The number of nitrogens with one attached hydrogen (secondary N) is 1. The predicted octanol–water partition coefficient (Wildman–Crippen LogP) is 2.78. The summed E-state index contributed by atoms with van der Waals surface area (Å²) in [5.41, 5.74) is 6.37. The van der Waals surface area contributed by atoms with Gasteiger partial charge in [0.1, 0.15) is 0 Å². The number of aliphatic hydroxyl groups is 1. The van der Waals surface area contributed by atoms with Crippen LogP contribution in [0.5, 0.6) is 0 Å². The van der Waals surface area contributed by atoms with E-state index in [9.17, 15) is 9.90 Å². The molecule has 5 heteroatoms. The number of hydrogen-bond acceptors (Lipinski definition) is 3. The Kier molecular flexibility index (Phi) is 6.57. The van der Waals surface area contributed by atoms with Crippen LogP contribution < -0.4 is 11.1 Å². The Labute approximate surface area is 143 Å². The van der Waals surface area contributed by atoms with Crippen molar-refractivity contribution >= 4 is 29.1 Å². The third kappa shape index (κ3) is 4.93. The second-order valence-electron chi connectivity index (χ2n) is 6.71. The Morgan fingerprint density at radius 2 is 1.78 bits per heavy atom. The zero-order chi connectivity index (χ0) is 16.3. The molecule has 0 aliphatic heterocycles. The lowest BCUT2D eigenvalue weighted by atomic mass is 9.87. The number of amides is 1. The molecule has 2 atom stereocenters. The molecule has 0 bridgehead atoms. The van der Waals surface area contributed by atoms with Crippen LogP contribution in [-0.2, 0) is 4.79 Å². The highest BCUT2D eigenvalue weighted by Gasteiger charge is 2.27. The van der Waals surface area contributed by atoms with Gasteiger partial charge in [-0.15, -0.1) is 12.4 Å². The standard InChI is InChI=1S/C18H24N2O2.ClH/c1-18(2,3)16(19)17(22)20-11-15(21)14-9-8-12-6-4-5-7-13(12)10-14;/h4-10,15-16,21H,11,19H2,1-3H3,(H,20,22);1H/t15?,16-;/m1./s1. The van der Waals surface area contributed by atoms with E-state index in [0.717, 1.165) is 16.3 Å². The van der Waals surface area contributed by atoms with Crippen molar-refractivity contribution in [3.05, 3.63) is 48.0 Å². The summed E-state index contributed by atoms with van der Waals surface area (Å²) in [4.78, 5) is 12.0. The summed E-state index contributed by atoms with van der Waals surface area (Å²) in [7, 11) is 0. The summed E-state index contributed by atoms with van der Waals surface area (Å²) in [6, 6.07) is 13.1. The number of rotatable bonds is 4. The fraction of sp³-hybridized carbons (Fsp3) is 0.389. The molecule has 4 N–H and O–H groups in total. The molecule has 0 spiro atoms. The van der Waals surface area contributed by atoms with Crippen LogP contribution in [0, 0.1) is 5.41 Å². The van der Waals surface area contributed by atoms with Crippen molar-refractivity contribution in [2.45, 2.75) is 32.9 Å². The van der Waals surface area contributed by atoms with Crippen LogP contribution in [0.15, 0.2) is 42.5 Å². The second-order valence-corrected chi connectivity index (χ2v) is 6.71. The van der Waals surface area contributed by atoms with E-state index in [-0.39, 0.29) is 30.3 Å². The number of benzene rings is 2. The molecule has 0 heterocycles. The van der Waals surface area contributed by atoms with Crippen molar-refractivity contribution in [3.63, 3.8) is 0 Å². The minimum absolute atomic E-state index is 0. The number of fused-ring (bicyclic) bond motifs is 1. The van der Waals surface area contributed by atoms with Crippen LogP contribution in [0.25, 0.3) is 10.8 Å². The van der Waals surface area contributed by atoms with Gasteiger partial charge >= 0.3 is 0 Å². The molecular weight excluding hydrogens is 312 g/mol. The normalized spacial score (nSPS) is 14.0. The summed E-state index contributed by atoms with van der Waals surface area (Å²) in [6.07, 6.45) is -0.749. The average molecular weight is 337 g/mol. The first kappa shape index (κ1) is 19.4. The average Bonchev–Trinajstić information content (AvgIpc) is 2.50. The van der Waals surface area contributed by atoms with Crippen LogP contribution in [0.1, 0.15) is 32.4 Å². The maximum absolute atomic E-state index is 12.0. The van der Waals surface area contributed by atoms with Gasteiger partial charge in [0, 0.05) is 6.54 Å². The third-order valence-electron chi connectivity index (χ3n) is 3.84. The summed E-state index contributed by atoms with van der Waals surface area (Å²) >= 11 is 0. The van der Waals surface area contributed by atoms with Crippen LogP contribution in [0.4, 0.5) is 0 Å². The van der Waals surface area contributed by atoms with Gasteiger partial charge in [-0.1, -0.05) is 57.2 Å². The summed E-state index contributed by atoms with van der Waals surface area (Å²) in [5, 5.41) is 15.2. The first-order valence-electron chi connectivity index (χ1n) is 7.49. The van der Waals surface area contributed by atoms with Crippen molar-refractivity contribution in [1.29, 1.82) is 0 Å². The SMILES string of the molecule is CC(C)(C)[C@H](N)C(=O)NCC(O)c1ccc2ccccc2c1.Cl. The topological polar surface area (TPSA) is 75.4 Å². The Morgan fingerprint density at radius 1 is 1.17 bits per heavy atom. The first-order chi connectivity index (χ1) is 10.3. The fourth-order valence-electron chi connectivity index (χ4n) is 2.23. The Balaban J connectivity index is 0.00000264. The zero-order valence-electron chi connectivity index (χ0n) is 13.7. The molecule has 0 aromatic heterocycles. The van der Waals surface area contributed by atoms with Crippen LogP contribution >= 0.6 is 12.4 Å². The maximum atomic E-state index is 12.0. The molecule has 0 aliphatic rings. The van der Waals surface area contributed by atoms with E-state index >= 15 is 0 Å². The number of halogens is 1. The lowest BCUT2D eigenvalue weighted by Gasteiger charge is -2.26. The maximum Gasteiger partial charge on any atom is 0.237 e. The number of carbonyl (C=O) groups is 1. The van der Waals surface area contributed by atoms with Gasteiger partial charge in [-0.25, -0.2) is 0 Å². The molecule has 0 saturated heterocycles. The Morgan fingerprint density at radius 3 is 2.39 bits per heavy atom. The molecule has 126 valence electrons. The van der Waals surface area contributed by atoms with Gasteiger partial charge in [-0.2, -0.15) is 0 Å². The quantitative estimate of drug-likeness (QED) is 0.803. The molecule has 0 aliphatic carbocycles. The molecule has 0 radical (unpaired) electrons. The van der Waals surface area contributed by atoms with E-state index < -0.39 is 12.1 Å². The van der Waals surface area contributed by atoms with Gasteiger partial charge in [0.05, 0.1) is 12.1 Å². The van der Waals surface area contributed by atoms with Crippen molar-refractivity contribution in [2.75, 3.05) is 6.54 Å². The molecule has 2 rings (SSSR count). The molecule has 23 heavy (non-hydrogen) atoms. The lowest BCUT2D eigenvalue weighted by molar-refractivity contribution is -0.125. The van der Waals surface area contributed by atoms with E-state index in [1.165, 1.54) is 0 Å². The summed E-state index contributed by atoms with van der Waals surface area (Å²) in [6.45, 7) is 5.89. The largest absolute Gasteiger partial charge is 0.387 e. The van der Waals surface area contributed by atoms with Gasteiger partial charge in [-0.05, 0) is 27.8 Å². The predicted molar refractivity (Wildman–Crippen MR) is 96.6 cm³/mol. The zero-order valence-corrected chi connectivity index (χ0v) is 14.6. The number of hydrogen-bond donors (Lipinski definition) is 3. The molecule has 1 amide bonds. The van der Waals surface area contributed by atoms with Gasteiger partial charge in [0.15, 0.2) is 0 Å². The van der Waals surface area contributed by atoms with Crippen LogP contribution in [0.3, 0.4) is 0 Å². The monoisotopic (exact) mass is 336 g/mol. The lowest BCUT2D eigenvalue weighted by Crippen LogP contribution is -2.49. The highest BCUT2D eigenvalue weighted by Crippen LogP contribution is 2.21. The van der Waals surface area contributed by atoms with Crippen molar-refractivity contribution < 1.29 is 9.90 Å². The highest BCUT2D eigenvalue weighted by molar-refractivity contribution is 5.85. The summed E-state index contributed by atoms with van der Waals surface area (Å²) in [5.74, 6) is -0.243. The van der Waals surface area contributed by atoms with E-state index in [2.05, 4.69) is 5.32 Å². The van der Waals surface area contributed by atoms with E-state index in [4.69, 9.17) is 5.73 Å². The first-order valence-corrected chi connectivity index (χ1v) is 7.49. The Bertz CT molecular complexity index is 667. The smallest absolute Gasteiger partial charge is 0.237 e. The van der Waals surface area contributed by atoms with E-state index in [1.807, 2.05) is 63.2 Å². The molecule has 4 nitrogen and oxygen atoms in total. The third-order valence-corrected chi connectivity index (χ3v) is 3.84. The number of carbonyl (C=O) groups excluding carboxylic acids is 1. The molecule has 2 aromatic rings. The molecule has 0 fully saturated rings. The van der Waals surface area contributed by atoms with Gasteiger partial charge in [-0.3, -0.25) is 4.79 Å². The van der Waals surface area contributed by atoms with Gasteiger partial charge in [0.25, 0.3) is 0 Å². The van der Waals surface area contributed by atoms with E-state index in [1.54, 1.807) is 0 Å². The van der Waals surface area contributed by atoms with Crippen LogP contribution in [0.2, 0.25) is 0 Å². The minimum Gasteiger partial charge on any atom is -0.387 e. The number of aliphatic hydroxyl groups excluding tert-OH is 1. The Hall–Kier alpha value is -1.62. The molecular formula is C18H25ClN2O2. The minimum atomic E-state index is -0.749. The van der Waals surface area contributed by atoms with Gasteiger partial charge in [0.2, 0.25) is 5.91 Å². The molecule has 1 unspecified atom stereocenters. The van der Waals surface area contributed by atoms with Crippen molar-refractivity contribution in [1.82, 2.24) is 5.32 Å². The summed E-state index contributed by atoms with van der Waals surface area (Å²) < 4.78 is 0. The van der Waals surface area contributed by atoms with Crippen molar-refractivity contribution in [2.24, 2.45) is 11.1 Å². The molecule has 2 aromatic carbocycles. The van der Waals surface area contributed by atoms with Crippen LogP contribution in [-0.4, -0.2) is 23.6 Å². The van der Waals surface area contributed by atoms with Gasteiger partial charge < -0.3 is 16.2 Å². The highest BCUT2D eigenvalue weighted by atomic mass is 35.5. The van der Waals surface area contributed by atoms with E-state index in [0.29, 0.717) is 0 Å². The molecule has 0 saturated carbocycles.